The van der Waals surface area contributed by atoms with Crippen LogP contribution in [-0.4, -0.2) is 18.1 Å². The highest BCUT2D eigenvalue weighted by Gasteiger charge is 2.58. The topological polar surface area (TPSA) is 38.0 Å². The van der Waals surface area contributed by atoms with Crippen LogP contribution in [0.2, 0.25) is 0 Å². The first-order valence-corrected chi connectivity index (χ1v) is 8.29. The lowest BCUT2D eigenvalue weighted by Gasteiger charge is -2.28. The minimum Gasteiger partial charge on any atom is -0.328 e. The molecule has 1 aromatic rings. The van der Waals surface area contributed by atoms with Gasteiger partial charge in [0.05, 0.1) is 0 Å². The van der Waals surface area contributed by atoms with E-state index in [1.165, 1.54) is 50.5 Å². The Balaban J connectivity index is 1.47. The minimum absolute atomic E-state index is 0.455. The van der Waals surface area contributed by atoms with Crippen LogP contribution in [0.3, 0.4) is 0 Å². The number of nitrogens with two attached hydrogens (primary N) is 1. The van der Waals surface area contributed by atoms with Crippen molar-refractivity contribution in [2.24, 2.45) is 5.73 Å². The number of nitrogens with one attached hydrogen (secondary N) is 1. The van der Waals surface area contributed by atoms with Gasteiger partial charge in [0.1, 0.15) is 0 Å². The Morgan fingerprint density at radius 1 is 1.20 bits per heavy atom. The van der Waals surface area contributed by atoms with Gasteiger partial charge in [-0.3, -0.25) is 0 Å². The van der Waals surface area contributed by atoms with Crippen LogP contribution in [-0.2, 0) is 11.8 Å². The molecule has 2 atom stereocenters. The molecular formula is C18H26N2. The van der Waals surface area contributed by atoms with Gasteiger partial charge in [-0.1, -0.05) is 23.8 Å². The summed E-state index contributed by atoms with van der Waals surface area (Å²) in [5.41, 5.74) is 11.2. The highest BCUT2D eigenvalue weighted by atomic mass is 15.0. The Morgan fingerprint density at radius 2 is 2.00 bits per heavy atom. The number of hydrogen-bond acceptors (Lipinski definition) is 2. The summed E-state index contributed by atoms with van der Waals surface area (Å²) >= 11 is 0. The zero-order valence-corrected chi connectivity index (χ0v) is 12.5. The molecule has 2 unspecified atom stereocenters. The predicted octanol–water partition coefficient (Wildman–Crippen LogP) is 2.81. The van der Waals surface area contributed by atoms with E-state index in [1.807, 2.05) is 0 Å². The van der Waals surface area contributed by atoms with Crippen LogP contribution >= 0.6 is 0 Å². The van der Waals surface area contributed by atoms with E-state index in [0.29, 0.717) is 17.5 Å². The first-order valence-electron chi connectivity index (χ1n) is 8.29. The Hall–Kier alpha value is -0.860. The maximum Gasteiger partial charge on any atom is 0.0176 e. The molecule has 0 aliphatic heterocycles. The van der Waals surface area contributed by atoms with Crippen molar-refractivity contribution in [1.29, 1.82) is 0 Å². The van der Waals surface area contributed by atoms with Gasteiger partial charge >= 0.3 is 0 Å². The van der Waals surface area contributed by atoms with Crippen LogP contribution in [0.1, 0.15) is 55.2 Å². The fourth-order valence-electron chi connectivity index (χ4n) is 4.53. The van der Waals surface area contributed by atoms with Crippen LogP contribution in [0.15, 0.2) is 18.2 Å². The fraction of sp³-hybridized carbons (Fsp3) is 0.667. The van der Waals surface area contributed by atoms with E-state index in [-0.39, 0.29) is 0 Å². The summed E-state index contributed by atoms with van der Waals surface area (Å²) in [5.74, 6) is 0. The van der Waals surface area contributed by atoms with Gasteiger partial charge in [0.2, 0.25) is 0 Å². The molecule has 2 saturated carbocycles. The molecule has 3 N–H and O–H groups in total. The average Bonchev–Trinajstić information content (AvgIpc) is 3.01. The van der Waals surface area contributed by atoms with Crippen molar-refractivity contribution in [2.45, 2.75) is 75.4 Å². The molecule has 108 valence electrons. The Morgan fingerprint density at radius 3 is 2.80 bits per heavy atom. The van der Waals surface area contributed by atoms with Gasteiger partial charge in [-0.2, -0.15) is 0 Å². The van der Waals surface area contributed by atoms with Crippen molar-refractivity contribution >= 4 is 0 Å². The van der Waals surface area contributed by atoms with Crippen LogP contribution in [0.5, 0.6) is 0 Å². The molecule has 3 aliphatic carbocycles. The summed E-state index contributed by atoms with van der Waals surface area (Å²) < 4.78 is 0. The zero-order valence-electron chi connectivity index (χ0n) is 12.5. The van der Waals surface area contributed by atoms with Gasteiger partial charge in [-0.05, 0) is 63.0 Å². The molecule has 0 radical (unpaired) electrons. The van der Waals surface area contributed by atoms with Crippen molar-refractivity contribution in [3.8, 4) is 0 Å². The molecule has 20 heavy (non-hydrogen) atoms. The second kappa shape index (κ2) is 4.57. The zero-order chi connectivity index (χ0) is 13.7. The Bertz CT molecular complexity index is 516. The normalized spacial score (nSPS) is 39.0. The lowest BCUT2D eigenvalue weighted by Crippen LogP contribution is -2.40. The maximum atomic E-state index is 6.01. The Labute approximate surface area is 122 Å². The van der Waals surface area contributed by atoms with E-state index in [4.69, 9.17) is 5.73 Å². The summed E-state index contributed by atoms with van der Waals surface area (Å²) in [6, 6.07) is 8.97. The number of benzene rings is 1. The van der Waals surface area contributed by atoms with E-state index in [2.05, 4.69) is 30.4 Å². The van der Waals surface area contributed by atoms with Crippen LogP contribution in [0.25, 0.3) is 0 Å². The molecule has 3 aliphatic rings. The van der Waals surface area contributed by atoms with Gasteiger partial charge in [-0.25, -0.2) is 0 Å². The summed E-state index contributed by atoms with van der Waals surface area (Å²) in [5, 5.41) is 3.95. The molecule has 0 bridgehead atoms. The van der Waals surface area contributed by atoms with Gasteiger partial charge in [0.25, 0.3) is 0 Å². The lowest BCUT2D eigenvalue weighted by molar-refractivity contribution is 0.333. The second-order valence-electron chi connectivity index (χ2n) is 7.35. The highest BCUT2D eigenvalue weighted by molar-refractivity contribution is 5.48. The third-order valence-electron chi connectivity index (χ3n) is 5.93. The van der Waals surface area contributed by atoms with E-state index in [0.717, 1.165) is 6.04 Å². The second-order valence-corrected chi connectivity index (χ2v) is 7.35. The smallest absolute Gasteiger partial charge is 0.0176 e. The molecule has 2 nitrogen and oxygen atoms in total. The third kappa shape index (κ3) is 2.01. The number of hydrogen-bond donors (Lipinski definition) is 2. The molecular weight excluding hydrogens is 244 g/mol. The van der Waals surface area contributed by atoms with Crippen molar-refractivity contribution < 1.29 is 0 Å². The molecule has 2 fully saturated rings. The van der Waals surface area contributed by atoms with Gasteiger partial charge < -0.3 is 11.1 Å². The highest BCUT2D eigenvalue weighted by Crippen LogP contribution is 2.57. The number of aryl methyl sites for hydroxylation is 2. The minimum atomic E-state index is 0.455. The summed E-state index contributed by atoms with van der Waals surface area (Å²) in [7, 11) is 0. The maximum absolute atomic E-state index is 6.01. The number of rotatable bonds is 2. The van der Waals surface area contributed by atoms with Crippen molar-refractivity contribution in [3.05, 3.63) is 34.9 Å². The predicted molar refractivity (Wildman–Crippen MR) is 83.0 cm³/mol. The van der Waals surface area contributed by atoms with E-state index >= 15 is 0 Å². The summed E-state index contributed by atoms with van der Waals surface area (Å²) in [4.78, 5) is 0. The van der Waals surface area contributed by atoms with Crippen molar-refractivity contribution in [3.63, 3.8) is 0 Å². The third-order valence-corrected chi connectivity index (χ3v) is 5.93. The fourth-order valence-corrected chi connectivity index (χ4v) is 4.53. The van der Waals surface area contributed by atoms with Crippen LogP contribution < -0.4 is 11.1 Å². The van der Waals surface area contributed by atoms with Gasteiger partial charge in [-0.15, -0.1) is 0 Å². The molecule has 0 aromatic heterocycles. The standard InChI is InChI=1S/C18H26N2/c1-12-2-3-13-8-9-18(16(13)10-12)11-17(18)20-15-6-4-14(19)5-7-15/h2-3,10,14-15,17,20H,4-9,11,19H2,1H3. The van der Waals surface area contributed by atoms with Crippen molar-refractivity contribution in [1.82, 2.24) is 5.32 Å². The molecule has 0 saturated heterocycles. The number of fused-ring (bicyclic) bond motifs is 2. The van der Waals surface area contributed by atoms with Gasteiger partial charge in [0, 0.05) is 23.5 Å². The first kappa shape index (κ1) is 12.8. The quantitative estimate of drug-likeness (QED) is 0.867. The first-order chi connectivity index (χ1) is 9.67. The average molecular weight is 270 g/mol. The van der Waals surface area contributed by atoms with E-state index in [1.54, 1.807) is 11.1 Å². The van der Waals surface area contributed by atoms with Crippen LogP contribution in [0.4, 0.5) is 0 Å². The van der Waals surface area contributed by atoms with Gasteiger partial charge in [0.15, 0.2) is 0 Å². The van der Waals surface area contributed by atoms with Crippen molar-refractivity contribution in [2.75, 3.05) is 0 Å². The largest absolute Gasteiger partial charge is 0.328 e. The molecule has 4 rings (SSSR count). The molecule has 1 spiro atoms. The lowest BCUT2D eigenvalue weighted by atomic mass is 9.91. The van der Waals surface area contributed by atoms with E-state index in [9.17, 15) is 0 Å². The Kier molecular flexibility index (Phi) is 2.94. The molecule has 1 aromatic carbocycles. The van der Waals surface area contributed by atoms with E-state index < -0.39 is 0 Å². The summed E-state index contributed by atoms with van der Waals surface area (Å²) in [6.07, 6.45) is 8.94. The molecule has 2 heteroatoms. The molecule has 0 heterocycles. The SMILES string of the molecule is Cc1ccc2c(c1)C1(CC2)CC1NC1CCC(N)CC1. The summed E-state index contributed by atoms with van der Waals surface area (Å²) in [6.45, 7) is 2.22. The molecule has 0 amide bonds. The monoisotopic (exact) mass is 270 g/mol. The van der Waals surface area contributed by atoms with Crippen LogP contribution in [0, 0.1) is 6.92 Å².